The van der Waals surface area contributed by atoms with Crippen molar-refractivity contribution in [3.05, 3.63) is 34.8 Å². The predicted molar refractivity (Wildman–Crippen MR) is 79.0 cm³/mol. The normalized spacial score (nSPS) is 12.2. The number of aryl methyl sites for hydroxylation is 2. The number of aromatic nitrogens is 2. The molecule has 0 radical (unpaired) electrons. The van der Waals surface area contributed by atoms with Gasteiger partial charge in [0, 0.05) is 0 Å². The number of hydrogen-bond acceptors (Lipinski definition) is 5. The Kier molecular flexibility index (Phi) is 4.74. The number of rotatable bonds is 6. The summed E-state index contributed by atoms with van der Waals surface area (Å²) in [7, 11) is 0. The highest BCUT2D eigenvalue weighted by Gasteiger charge is 2.10. The molecule has 2 aromatic rings. The van der Waals surface area contributed by atoms with Crippen LogP contribution in [0, 0.1) is 13.8 Å². The summed E-state index contributed by atoms with van der Waals surface area (Å²) < 4.78 is 6.02. The monoisotopic (exact) mass is 277 g/mol. The van der Waals surface area contributed by atoms with Gasteiger partial charge in [-0.05, 0) is 31.9 Å². The Hall–Kier alpha value is -1.62. The van der Waals surface area contributed by atoms with Gasteiger partial charge in [0.25, 0.3) is 0 Å². The van der Waals surface area contributed by atoms with Crippen LogP contribution in [0.25, 0.3) is 0 Å². The first-order valence-corrected chi connectivity index (χ1v) is 7.27. The van der Waals surface area contributed by atoms with Gasteiger partial charge in [0.2, 0.25) is 5.13 Å². The van der Waals surface area contributed by atoms with E-state index < -0.39 is 0 Å². The van der Waals surface area contributed by atoms with Crippen LogP contribution in [0.4, 0.5) is 5.13 Å². The molecule has 0 amide bonds. The van der Waals surface area contributed by atoms with E-state index >= 15 is 0 Å². The first kappa shape index (κ1) is 13.8. The topological polar surface area (TPSA) is 47.0 Å². The maximum Gasteiger partial charge on any atom is 0.205 e. The van der Waals surface area contributed by atoms with Crippen LogP contribution < -0.4 is 10.1 Å². The molecule has 1 aromatic carbocycles. The second kappa shape index (κ2) is 6.52. The highest BCUT2D eigenvalue weighted by molar-refractivity contribution is 7.15. The number of nitrogens with zero attached hydrogens (tertiary/aromatic N) is 2. The molecule has 0 bridgehead atoms. The van der Waals surface area contributed by atoms with E-state index in [1.165, 1.54) is 0 Å². The summed E-state index contributed by atoms with van der Waals surface area (Å²) in [4.78, 5) is 0. The average molecular weight is 277 g/mol. The van der Waals surface area contributed by atoms with Crippen molar-refractivity contribution in [2.75, 3.05) is 11.9 Å². The maximum atomic E-state index is 6.02. The second-order valence-electron chi connectivity index (χ2n) is 4.42. The zero-order valence-corrected chi connectivity index (χ0v) is 12.3. The molecule has 1 unspecified atom stereocenters. The third kappa shape index (κ3) is 3.92. The Bertz CT molecular complexity index is 527. The van der Waals surface area contributed by atoms with Gasteiger partial charge in [0.1, 0.15) is 16.9 Å². The summed E-state index contributed by atoms with van der Waals surface area (Å²) in [6.45, 7) is 6.86. The quantitative estimate of drug-likeness (QED) is 0.879. The minimum atomic E-state index is 0.130. The predicted octanol–water partition coefficient (Wildman–Crippen LogP) is 3.42. The Balaban J connectivity index is 1.92. The third-order valence-electron chi connectivity index (χ3n) is 2.85. The van der Waals surface area contributed by atoms with Crippen molar-refractivity contribution in [3.63, 3.8) is 0 Å². The van der Waals surface area contributed by atoms with Crippen LogP contribution in [-0.2, 0) is 0 Å². The lowest BCUT2D eigenvalue weighted by Crippen LogP contribution is -2.25. The second-order valence-corrected chi connectivity index (χ2v) is 5.60. The van der Waals surface area contributed by atoms with Crippen molar-refractivity contribution in [3.8, 4) is 5.75 Å². The molecule has 5 heteroatoms. The molecule has 0 aliphatic heterocycles. The molecule has 1 heterocycles. The zero-order chi connectivity index (χ0) is 13.7. The summed E-state index contributed by atoms with van der Waals surface area (Å²) in [6, 6.07) is 8.08. The Morgan fingerprint density at radius 3 is 2.68 bits per heavy atom. The van der Waals surface area contributed by atoms with Crippen molar-refractivity contribution in [2.45, 2.75) is 33.3 Å². The first-order valence-electron chi connectivity index (χ1n) is 6.45. The lowest BCUT2D eigenvalue weighted by atomic mass is 10.2. The van der Waals surface area contributed by atoms with Crippen LogP contribution in [0.5, 0.6) is 5.75 Å². The number of nitrogens with one attached hydrogen (secondary N) is 1. The van der Waals surface area contributed by atoms with Gasteiger partial charge in [-0.2, -0.15) is 0 Å². The maximum absolute atomic E-state index is 6.02. The fourth-order valence-electron chi connectivity index (χ4n) is 1.71. The fourth-order valence-corrected chi connectivity index (χ4v) is 2.31. The molecule has 1 N–H and O–H groups in total. The molecular weight excluding hydrogens is 258 g/mol. The van der Waals surface area contributed by atoms with E-state index in [2.05, 4.69) is 35.4 Å². The Morgan fingerprint density at radius 2 is 2.05 bits per heavy atom. The molecule has 19 heavy (non-hydrogen) atoms. The number of ether oxygens (including phenoxy) is 1. The molecule has 2 rings (SSSR count). The highest BCUT2D eigenvalue weighted by atomic mass is 32.1. The van der Waals surface area contributed by atoms with Crippen LogP contribution in [0.15, 0.2) is 24.3 Å². The summed E-state index contributed by atoms with van der Waals surface area (Å²) >= 11 is 1.56. The number of para-hydroxylation sites is 1. The van der Waals surface area contributed by atoms with Gasteiger partial charge in [-0.3, -0.25) is 0 Å². The van der Waals surface area contributed by atoms with Gasteiger partial charge in [-0.1, -0.05) is 36.5 Å². The minimum Gasteiger partial charge on any atom is -0.488 e. The zero-order valence-electron chi connectivity index (χ0n) is 11.5. The molecule has 1 atom stereocenters. The standard InChI is InChI=1S/C14H19N3OS/c1-4-12(9-15-14-17-16-11(3)19-14)18-13-8-6-5-7-10(13)2/h5-8,12H,4,9H2,1-3H3,(H,15,17). The summed E-state index contributed by atoms with van der Waals surface area (Å²) in [5.41, 5.74) is 1.16. The Labute approximate surface area is 117 Å². The van der Waals surface area contributed by atoms with Gasteiger partial charge in [0.15, 0.2) is 0 Å². The summed E-state index contributed by atoms with van der Waals surface area (Å²) in [5.74, 6) is 0.949. The molecule has 102 valence electrons. The van der Waals surface area contributed by atoms with E-state index in [1.54, 1.807) is 11.3 Å². The number of anilines is 1. The van der Waals surface area contributed by atoms with Crippen LogP contribution in [0.1, 0.15) is 23.9 Å². The third-order valence-corrected chi connectivity index (χ3v) is 3.65. The van der Waals surface area contributed by atoms with Crippen molar-refractivity contribution in [1.82, 2.24) is 10.2 Å². The molecule has 0 spiro atoms. The fraction of sp³-hybridized carbons (Fsp3) is 0.429. The summed E-state index contributed by atoms with van der Waals surface area (Å²) in [6.07, 6.45) is 1.07. The van der Waals surface area contributed by atoms with Gasteiger partial charge >= 0.3 is 0 Å². The first-order chi connectivity index (χ1) is 9.19. The van der Waals surface area contributed by atoms with Gasteiger partial charge in [0.05, 0.1) is 6.54 Å². The van der Waals surface area contributed by atoms with E-state index in [0.29, 0.717) is 0 Å². The van der Waals surface area contributed by atoms with E-state index in [0.717, 1.165) is 34.4 Å². The number of benzene rings is 1. The molecule has 0 saturated carbocycles. The van der Waals surface area contributed by atoms with Crippen LogP contribution in [0.3, 0.4) is 0 Å². The van der Waals surface area contributed by atoms with Crippen molar-refractivity contribution in [1.29, 1.82) is 0 Å². The van der Waals surface area contributed by atoms with E-state index in [1.807, 2.05) is 25.1 Å². The van der Waals surface area contributed by atoms with Crippen molar-refractivity contribution in [2.24, 2.45) is 0 Å². The smallest absolute Gasteiger partial charge is 0.205 e. The summed E-state index contributed by atoms with van der Waals surface area (Å²) in [5, 5.41) is 13.1. The van der Waals surface area contributed by atoms with Gasteiger partial charge in [-0.25, -0.2) is 0 Å². The van der Waals surface area contributed by atoms with E-state index in [4.69, 9.17) is 4.74 Å². The lowest BCUT2D eigenvalue weighted by molar-refractivity contribution is 0.208. The molecular formula is C14H19N3OS. The molecule has 0 saturated heterocycles. The SMILES string of the molecule is CCC(CNc1nnc(C)s1)Oc1ccccc1C. The molecule has 0 aliphatic carbocycles. The van der Waals surface area contributed by atoms with Crippen molar-refractivity contribution < 1.29 is 4.74 Å². The van der Waals surface area contributed by atoms with Crippen LogP contribution in [-0.4, -0.2) is 22.8 Å². The largest absolute Gasteiger partial charge is 0.488 e. The average Bonchev–Trinajstić information content (AvgIpc) is 2.82. The molecule has 1 aromatic heterocycles. The minimum absolute atomic E-state index is 0.130. The van der Waals surface area contributed by atoms with Crippen LogP contribution in [0.2, 0.25) is 0 Å². The van der Waals surface area contributed by atoms with Gasteiger partial charge in [-0.15, -0.1) is 10.2 Å². The molecule has 0 aliphatic rings. The molecule has 0 fully saturated rings. The van der Waals surface area contributed by atoms with E-state index in [-0.39, 0.29) is 6.10 Å². The molecule has 4 nitrogen and oxygen atoms in total. The highest BCUT2D eigenvalue weighted by Crippen LogP contribution is 2.19. The van der Waals surface area contributed by atoms with Crippen LogP contribution >= 0.6 is 11.3 Å². The van der Waals surface area contributed by atoms with Crippen molar-refractivity contribution >= 4 is 16.5 Å². The lowest BCUT2D eigenvalue weighted by Gasteiger charge is -2.19. The van der Waals surface area contributed by atoms with E-state index in [9.17, 15) is 0 Å². The Morgan fingerprint density at radius 1 is 1.26 bits per heavy atom. The number of hydrogen-bond donors (Lipinski definition) is 1. The van der Waals surface area contributed by atoms with Gasteiger partial charge < -0.3 is 10.1 Å².